The highest BCUT2D eigenvalue weighted by atomic mass is 19.4. The molecule has 0 radical (unpaired) electrons. The number of hydrogen-bond acceptors (Lipinski definition) is 5. The van der Waals surface area contributed by atoms with Crippen molar-refractivity contribution in [2.45, 2.75) is 17.9 Å². The van der Waals surface area contributed by atoms with Crippen LogP contribution in [0, 0.1) is 5.92 Å². The molecule has 1 fully saturated rings. The number of phenolic OH excluding ortho intramolecular Hbond substituents is 1. The van der Waals surface area contributed by atoms with E-state index in [0.717, 1.165) is 0 Å². The molecule has 1 heterocycles. The number of aliphatic hydroxyl groups is 1. The SMILES string of the molecule is COc1ccc(C(=O)C2C(c3ccc(O)cc3)NC(=O)NC2(O)C(F)(F)F)cc1. The summed E-state index contributed by atoms with van der Waals surface area (Å²) in [5.74, 6) is -2.95. The Morgan fingerprint density at radius 1 is 1.10 bits per heavy atom. The van der Waals surface area contributed by atoms with Crippen molar-refractivity contribution in [2.24, 2.45) is 5.92 Å². The number of ketones is 1. The van der Waals surface area contributed by atoms with Crippen molar-refractivity contribution >= 4 is 11.8 Å². The molecule has 2 aromatic carbocycles. The van der Waals surface area contributed by atoms with Crippen molar-refractivity contribution in [3.05, 3.63) is 59.7 Å². The number of benzene rings is 2. The molecular weight excluding hydrogens is 393 g/mol. The molecule has 10 heteroatoms. The summed E-state index contributed by atoms with van der Waals surface area (Å²) in [6.45, 7) is 0. The summed E-state index contributed by atoms with van der Waals surface area (Å²) in [6, 6.07) is 7.44. The summed E-state index contributed by atoms with van der Waals surface area (Å²) in [5, 5.41) is 23.6. The van der Waals surface area contributed by atoms with E-state index in [1.54, 1.807) is 0 Å². The van der Waals surface area contributed by atoms with Gasteiger partial charge in [-0.15, -0.1) is 0 Å². The number of nitrogens with one attached hydrogen (secondary N) is 2. The van der Waals surface area contributed by atoms with Crippen LogP contribution in [0.4, 0.5) is 18.0 Å². The fourth-order valence-corrected chi connectivity index (χ4v) is 3.23. The Kier molecular flexibility index (Phi) is 5.14. The van der Waals surface area contributed by atoms with Crippen LogP contribution in [0.25, 0.3) is 0 Å². The van der Waals surface area contributed by atoms with Crippen molar-refractivity contribution < 1.29 is 37.7 Å². The third kappa shape index (κ3) is 3.70. The number of rotatable bonds is 4. The standard InChI is InChI=1S/C19H17F3N2O5/c1-29-13-8-4-11(5-9-13)16(26)14-15(10-2-6-12(25)7-3-10)23-17(27)24-18(14,28)19(20,21)22/h2-9,14-15,25,28H,1H3,(H2,23,24,27). The molecule has 0 saturated carbocycles. The highest BCUT2D eigenvalue weighted by molar-refractivity contribution is 6.00. The molecule has 3 unspecified atom stereocenters. The van der Waals surface area contributed by atoms with Crippen LogP contribution in [0.1, 0.15) is 22.0 Å². The van der Waals surface area contributed by atoms with E-state index in [-0.39, 0.29) is 16.9 Å². The summed E-state index contributed by atoms with van der Waals surface area (Å²) in [6.07, 6.45) is -5.34. The van der Waals surface area contributed by atoms with E-state index in [4.69, 9.17) is 4.74 Å². The number of ether oxygens (including phenoxy) is 1. The highest BCUT2D eigenvalue weighted by Gasteiger charge is 2.66. The lowest BCUT2D eigenvalue weighted by Gasteiger charge is -2.45. The molecule has 2 amide bonds. The second-order valence-corrected chi connectivity index (χ2v) is 6.50. The Balaban J connectivity index is 2.13. The Bertz CT molecular complexity index is 915. The van der Waals surface area contributed by atoms with Crippen molar-refractivity contribution in [3.8, 4) is 11.5 Å². The van der Waals surface area contributed by atoms with Crippen LogP contribution < -0.4 is 15.4 Å². The van der Waals surface area contributed by atoms with E-state index in [2.05, 4.69) is 5.32 Å². The predicted octanol–water partition coefficient (Wildman–Crippen LogP) is 2.50. The molecule has 29 heavy (non-hydrogen) atoms. The highest BCUT2D eigenvalue weighted by Crippen LogP contribution is 2.44. The lowest BCUT2D eigenvalue weighted by atomic mass is 9.77. The molecule has 0 bridgehead atoms. The molecule has 1 aliphatic heterocycles. The number of methoxy groups -OCH3 is 1. The van der Waals surface area contributed by atoms with Gasteiger partial charge in [-0.05, 0) is 42.0 Å². The molecule has 0 aromatic heterocycles. The number of phenols is 1. The molecule has 3 rings (SSSR count). The molecule has 4 N–H and O–H groups in total. The van der Waals surface area contributed by atoms with Gasteiger partial charge in [-0.3, -0.25) is 4.79 Å². The van der Waals surface area contributed by atoms with Gasteiger partial charge in [0.25, 0.3) is 0 Å². The number of halogens is 3. The molecule has 3 atom stereocenters. The van der Waals surface area contributed by atoms with Gasteiger partial charge in [-0.1, -0.05) is 12.1 Å². The Morgan fingerprint density at radius 2 is 1.69 bits per heavy atom. The van der Waals surface area contributed by atoms with E-state index in [0.29, 0.717) is 5.75 Å². The lowest BCUT2D eigenvalue weighted by Crippen LogP contribution is -2.72. The molecule has 2 aromatic rings. The van der Waals surface area contributed by atoms with Gasteiger partial charge >= 0.3 is 12.2 Å². The zero-order valence-corrected chi connectivity index (χ0v) is 15.0. The first-order valence-electron chi connectivity index (χ1n) is 8.42. The minimum absolute atomic E-state index is 0.104. The average Bonchev–Trinajstić information content (AvgIpc) is 2.67. The predicted molar refractivity (Wildman–Crippen MR) is 94.3 cm³/mol. The Hall–Kier alpha value is -3.27. The monoisotopic (exact) mass is 410 g/mol. The first-order valence-corrected chi connectivity index (χ1v) is 8.42. The first kappa shape index (κ1) is 20.5. The maximum absolute atomic E-state index is 13.8. The number of urea groups is 1. The van der Waals surface area contributed by atoms with Crippen molar-refractivity contribution in [1.29, 1.82) is 0 Å². The van der Waals surface area contributed by atoms with Crippen molar-refractivity contribution in [1.82, 2.24) is 10.6 Å². The molecular formula is C19H17F3N2O5. The Morgan fingerprint density at radius 3 is 2.21 bits per heavy atom. The van der Waals surface area contributed by atoms with Crippen LogP contribution in [0.3, 0.4) is 0 Å². The minimum Gasteiger partial charge on any atom is -0.508 e. The fourth-order valence-electron chi connectivity index (χ4n) is 3.23. The first-order chi connectivity index (χ1) is 13.6. The maximum Gasteiger partial charge on any atom is 0.437 e. The van der Waals surface area contributed by atoms with E-state index < -0.39 is 35.7 Å². The van der Waals surface area contributed by atoms with E-state index >= 15 is 0 Å². The number of aromatic hydroxyl groups is 1. The smallest absolute Gasteiger partial charge is 0.437 e. The molecule has 0 spiro atoms. The molecule has 1 aliphatic rings. The number of amides is 2. The molecule has 154 valence electrons. The van der Waals surface area contributed by atoms with Crippen LogP contribution in [-0.4, -0.2) is 41.0 Å². The number of carbonyl (C=O) groups is 2. The normalized spacial score (nSPS) is 24.4. The number of Topliss-reactive ketones (excluding diaryl/α,β-unsaturated/α-hetero) is 1. The summed E-state index contributed by atoms with van der Waals surface area (Å²) in [5.41, 5.74) is -3.82. The number of carbonyl (C=O) groups excluding carboxylic acids is 2. The van der Waals surface area contributed by atoms with Crippen LogP contribution in [0.2, 0.25) is 0 Å². The minimum atomic E-state index is -5.34. The quantitative estimate of drug-likeness (QED) is 0.580. The summed E-state index contributed by atoms with van der Waals surface area (Å²) >= 11 is 0. The molecule has 1 saturated heterocycles. The van der Waals surface area contributed by atoms with Crippen LogP contribution >= 0.6 is 0 Å². The maximum atomic E-state index is 13.8. The number of alkyl halides is 3. The van der Waals surface area contributed by atoms with Crippen LogP contribution in [0.5, 0.6) is 11.5 Å². The van der Waals surface area contributed by atoms with E-state index in [1.165, 1.54) is 61.0 Å². The van der Waals surface area contributed by atoms with Gasteiger partial charge in [-0.25, -0.2) is 4.79 Å². The van der Waals surface area contributed by atoms with Gasteiger partial charge in [0, 0.05) is 5.56 Å². The Labute approximate surface area is 163 Å². The van der Waals surface area contributed by atoms with Crippen LogP contribution in [0.15, 0.2) is 48.5 Å². The largest absolute Gasteiger partial charge is 0.508 e. The van der Waals surface area contributed by atoms with Gasteiger partial charge in [0.05, 0.1) is 13.2 Å². The lowest BCUT2D eigenvalue weighted by molar-refractivity contribution is -0.287. The van der Waals surface area contributed by atoms with Gasteiger partial charge in [0.1, 0.15) is 17.4 Å². The average molecular weight is 410 g/mol. The van der Waals surface area contributed by atoms with Crippen LogP contribution in [-0.2, 0) is 0 Å². The van der Waals surface area contributed by atoms with Gasteiger partial charge in [-0.2, -0.15) is 13.2 Å². The third-order valence-corrected chi connectivity index (χ3v) is 4.72. The van der Waals surface area contributed by atoms with Gasteiger partial charge < -0.3 is 25.6 Å². The summed E-state index contributed by atoms with van der Waals surface area (Å²) in [7, 11) is 1.39. The zero-order valence-electron chi connectivity index (χ0n) is 15.0. The molecule has 0 aliphatic carbocycles. The van der Waals surface area contributed by atoms with E-state index in [1.807, 2.05) is 0 Å². The second kappa shape index (κ2) is 7.28. The third-order valence-electron chi connectivity index (χ3n) is 4.72. The summed E-state index contributed by atoms with van der Waals surface area (Å²) in [4.78, 5) is 25.0. The zero-order chi connectivity index (χ0) is 21.4. The van der Waals surface area contributed by atoms with Crippen molar-refractivity contribution in [3.63, 3.8) is 0 Å². The fraction of sp³-hybridized carbons (Fsp3) is 0.263. The van der Waals surface area contributed by atoms with Crippen molar-refractivity contribution in [2.75, 3.05) is 7.11 Å². The topological polar surface area (TPSA) is 108 Å². The second-order valence-electron chi connectivity index (χ2n) is 6.50. The van der Waals surface area contributed by atoms with Gasteiger partial charge in [0.2, 0.25) is 5.72 Å². The van der Waals surface area contributed by atoms with Gasteiger partial charge in [0.15, 0.2) is 5.78 Å². The number of hydrogen-bond donors (Lipinski definition) is 4. The molecule has 7 nitrogen and oxygen atoms in total. The van der Waals surface area contributed by atoms with E-state index in [9.17, 15) is 33.0 Å². The summed E-state index contributed by atoms with van der Waals surface area (Å²) < 4.78 is 46.3.